The Morgan fingerprint density at radius 3 is 1.29 bits per heavy atom. The third-order valence-corrected chi connectivity index (χ3v) is 10.0. The first-order valence-corrected chi connectivity index (χ1v) is 12.6. The predicted octanol–water partition coefficient (Wildman–Crippen LogP) is 2.84. The fraction of sp³-hybridized carbons (Fsp3) is 0.143. The van der Waals surface area contributed by atoms with Gasteiger partial charge < -0.3 is 21.7 Å². The summed E-state index contributed by atoms with van der Waals surface area (Å²) >= 11 is 0. The van der Waals surface area contributed by atoms with Gasteiger partial charge in [0.25, 0.3) is 0 Å². The highest BCUT2D eigenvalue weighted by Gasteiger charge is 2.44. The molecule has 0 bridgehead atoms. The van der Waals surface area contributed by atoms with Gasteiger partial charge in [0.15, 0.2) is 0 Å². The fourth-order valence-corrected chi connectivity index (χ4v) is 8.45. The molecule has 0 radical (unpaired) electrons. The molecule has 0 saturated carbocycles. The van der Waals surface area contributed by atoms with E-state index in [-0.39, 0.29) is 17.0 Å². The first kappa shape index (κ1) is 23.3. The molecule has 0 saturated heterocycles. The maximum absolute atomic E-state index is 5.95. The van der Waals surface area contributed by atoms with Gasteiger partial charge in [0, 0.05) is 0 Å². The molecular weight excluding hydrogens is 463 g/mol. The number of halogens is 1. The average molecular weight is 491 g/mol. The monoisotopic (exact) mass is 490 g/mol. The molecule has 0 unspecified atom stereocenters. The minimum atomic E-state index is -1.72. The molecule has 158 valence electrons. The zero-order chi connectivity index (χ0) is 20.5. The summed E-state index contributed by atoms with van der Waals surface area (Å²) in [7, 11) is -1.72. The first-order chi connectivity index (χ1) is 14.9. The largest absolute Gasteiger partial charge is 1.00 e. The van der Waals surface area contributed by atoms with Crippen molar-refractivity contribution in [2.75, 3.05) is 12.8 Å². The van der Waals surface area contributed by atoms with Crippen LogP contribution in [0.25, 0.3) is 0 Å². The van der Waals surface area contributed by atoms with E-state index >= 15 is 0 Å². The quantitative estimate of drug-likeness (QED) is 0.259. The Labute approximate surface area is 197 Å². The van der Waals surface area contributed by atoms with Gasteiger partial charge in [0.2, 0.25) is 0 Å². The zero-order valence-corrected chi connectivity index (χ0v) is 20.1. The lowest BCUT2D eigenvalue weighted by molar-refractivity contribution is -0.00000633. The van der Waals surface area contributed by atoms with E-state index in [4.69, 9.17) is 4.74 Å². The molecule has 0 heterocycles. The summed E-state index contributed by atoms with van der Waals surface area (Å²) < 4.78 is 5.95. The first-order valence-electron chi connectivity index (χ1n) is 10.6. The van der Waals surface area contributed by atoms with Gasteiger partial charge in [-0.25, -0.2) is 0 Å². The molecule has 0 amide bonds. The number of hydrogen-bond acceptors (Lipinski definition) is 1. The Kier molecular flexibility index (Phi) is 8.88. The number of rotatable bonds is 9. The molecule has 0 fully saturated rings. The van der Waals surface area contributed by atoms with Crippen LogP contribution in [0.3, 0.4) is 0 Å². The van der Waals surface area contributed by atoms with E-state index in [0.717, 1.165) is 31.4 Å². The van der Waals surface area contributed by atoms with Gasteiger partial charge in [-0.2, -0.15) is 0 Å². The van der Waals surface area contributed by atoms with E-state index in [1.54, 1.807) is 0 Å². The number of ether oxygens (including phenoxy) is 1. The lowest BCUT2D eigenvalue weighted by Gasteiger charge is -2.27. The van der Waals surface area contributed by atoms with Crippen LogP contribution in [0, 0.1) is 0 Å². The maximum atomic E-state index is 5.95. The number of benzene rings is 4. The summed E-state index contributed by atoms with van der Waals surface area (Å²) in [5, 5.41) is 4.35. The molecule has 4 rings (SSSR count). The number of para-hydroxylation sites is 1. The van der Waals surface area contributed by atoms with Crippen molar-refractivity contribution in [3.05, 3.63) is 121 Å². The lowest BCUT2D eigenvalue weighted by atomic mass is 10.3. The molecule has 0 aliphatic rings. The van der Waals surface area contributed by atoms with Crippen LogP contribution in [0.1, 0.15) is 12.8 Å². The third kappa shape index (κ3) is 5.64. The van der Waals surface area contributed by atoms with E-state index in [0.29, 0.717) is 0 Å². The van der Waals surface area contributed by atoms with Crippen molar-refractivity contribution in [3.8, 4) is 5.75 Å². The number of hydrogen-bond donors (Lipinski definition) is 0. The summed E-state index contributed by atoms with van der Waals surface area (Å²) in [4.78, 5) is 0. The average Bonchev–Trinajstić information content (AvgIpc) is 2.84. The van der Waals surface area contributed by atoms with Gasteiger partial charge in [-0.05, 0) is 61.4 Å². The third-order valence-electron chi connectivity index (χ3n) is 5.49. The molecule has 3 heteroatoms. The molecule has 0 N–H and O–H groups in total. The number of unbranched alkanes of at least 4 members (excludes halogenated alkanes) is 1. The smallest absolute Gasteiger partial charge is 0.119 e. The Morgan fingerprint density at radius 2 is 0.871 bits per heavy atom. The molecule has 1 nitrogen and oxygen atoms in total. The normalized spacial score (nSPS) is 10.8. The zero-order valence-electron chi connectivity index (χ0n) is 17.6. The summed E-state index contributed by atoms with van der Waals surface area (Å²) in [5.41, 5.74) is 0. The van der Waals surface area contributed by atoms with Crippen molar-refractivity contribution < 1.29 is 21.7 Å². The van der Waals surface area contributed by atoms with E-state index in [9.17, 15) is 0 Å². The van der Waals surface area contributed by atoms with Crippen LogP contribution in [0.15, 0.2) is 121 Å². The summed E-state index contributed by atoms with van der Waals surface area (Å²) in [5.74, 6) is 0.952. The SMILES string of the molecule is [Br-].c1ccc(OCCCC[P+](c2ccccc2)(c2ccccc2)c2ccccc2)cc1. The maximum Gasteiger partial charge on any atom is 0.119 e. The fourth-order valence-electron chi connectivity index (χ4n) is 4.04. The van der Waals surface area contributed by atoms with Crippen LogP contribution in [0.4, 0.5) is 0 Å². The molecule has 0 aromatic heterocycles. The van der Waals surface area contributed by atoms with E-state index in [1.165, 1.54) is 15.9 Å². The Morgan fingerprint density at radius 1 is 0.484 bits per heavy atom. The highest BCUT2D eigenvalue weighted by Crippen LogP contribution is 2.55. The van der Waals surface area contributed by atoms with E-state index < -0.39 is 7.26 Å². The van der Waals surface area contributed by atoms with Crippen molar-refractivity contribution >= 4 is 23.2 Å². The van der Waals surface area contributed by atoms with Gasteiger partial charge in [-0.3, -0.25) is 0 Å². The highest BCUT2D eigenvalue weighted by molar-refractivity contribution is 7.95. The molecule has 0 atom stereocenters. The molecule has 0 spiro atoms. The van der Waals surface area contributed by atoms with Crippen LogP contribution in [-0.2, 0) is 0 Å². The minimum absolute atomic E-state index is 0. The Bertz CT molecular complexity index is 911. The van der Waals surface area contributed by atoms with Crippen LogP contribution in [-0.4, -0.2) is 12.8 Å². The van der Waals surface area contributed by atoms with Gasteiger partial charge in [0.1, 0.15) is 28.9 Å². The molecular formula is C28H28BrOP. The molecule has 4 aromatic carbocycles. The van der Waals surface area contributed by atoms with Crippen molar-refractivity contribution in [2.45, 2.75) is 12.8 Å². The molecule has 0 aliphatic carbocycles. The second-order valence-electron chi connectivity index (χ2n) is 7.41. The molecule has 31 heavy (non-hydrogen) atoms. The van der Waals surface area contributed by atoms with Crippen LogP contribution in [0.5, 0.6) is 5.75 Å². The van der Waals surface area contributed by atoms with Gasteiger partial charge >= 0.3 is 0 Å². The van der Waals surface area contributed by atoms with Crippen molar-refractivity contribution in [1.29, 1.82) is 0 Å². The summed E-state index contributed by atoms with van der Waals surface area (Å²) in [6, 6.07) is 43.4. The highest BCUT2D eigenvalue weighted by atomic mass is 79.9. The van der Waals surface area contributed by atoms with Crippen LogP contribution in [0.2, 0.25) is 0 Å². The van der Waals surface area contributed by atoms with Gasteiger partial charge in [-0.1, -0.05) is 72.8 Å². The van der Waals surface area contributed by atoms with Crippen molar-refractivity contribution in [3.63, 3.8) is 0 Å². The Hall–Kier alpha value is -2.41. The van der Waals surface area contributed by atoms with Crippen LogP contribution < -0.4 is 37.6 Å². The van der Waals surface area contributed by atoms with Crippen LogP contribution >= 0.6 is 7.26 Å². The lowest BCUT2D eigenvalue weighted by Crippen LogP contribution is -3.00. The molecule has 4 aromatic rings. The van der Waals surface area contributed by atoms with Crippen molar-refractivity contribution in [1.82, 2.24) is 0 Å². The minimum Gasteiger partial charge on any atom is -1.00 e. The second kappa shape index (κ2) is 11.8. The topological polar surface area (TPSA) is 9.23 Å². The Balaban J connectivity index is 0.00000272. The van der Waals surface area contributed by atoms with E-state index in [2.05, 4.69) is 91.0 Å². The predicted molar refractivity (Wildman–Crippen MR) is 131 cm³/mol. The van der Waals surface area contributed by atoms with Crippen molar-refractivity contribution in [2.24, 2.45) is 0 Å². The van der Waals surface area contributed by atoms with Gasteiger partial charge in [-0.15, -0.1) is 0 Å². The summed E-state index contributed by atoms with van der Waals surface area (Å²) in [6.45, 7) is 0.752. The standard InChI is InChI=1S/C28H28OP.BrH/c1-5-15-25(16-6-1)29-23-13-14-24-30(26-17-7-2-8-18-26,27-19-9-3-10-20-27)28-21-11-4-12-22-28;/h1-12,15-22H,13-14,23-24H2;1H/q+1;/p-1. The second-order valence-corrected chi connectivity index (χ2v) is 11.0. The molecule has 0 aliphatic heterocycles. The van der Waals surface area contributed by atoms with E-state index in [1.807, 2.05) is 30.3 Å². The summed E-state index contributed by atoms with van der Waals surface area (Å²) in [6.07, 6.45) is 3.31. The van der Waals surface area contributed by atoms with Gasteiger partial charge in [0.05, 0.1) is 12.8 Å².